The first-order valence-electron chi connectivity index (χ1n) is 12.5. The van der Waals surface area contributed by atoms with Crippen LogP contribution in [0.25, 0.3) is 11.3 Å². The lowest BCUT2D eigenvalue weighted by Crippen LogP contribution is -2.48. The number of nitrogens with zero attached hydrogens (tertiary/aromatic N) is 4. The van der Waals surface area contributed by atoms with Gasteiger partial charge in [-0.2, -0.15) is 5.10 Å². The predicted molar refractivity (Wildman–Crippen MR) is 133 cm³/mol. The molecule has 36 heavy (non-hydrogen) atoms. The smallest absolute Gasteiger partial charge is 0.257 e. The van der Waals surface area contributed by atoms with E-state index in [0.29, 0.717) is 56.5 Å². The topological polar surface area (TPSA) is 78.3 Å². The van der Waals surface area contributed by atoms with Crippen LogP contribution in [0.15, 0.2) is 42.6 Å². The summed E-state index contributed by atoms with van der Waals surface area (Å²) < 4.78 is 24.6. The minimum absolute atomic E-state index is 0.00388. The second-order valence-corrected chi connectivity index (χ2v) is 9.32. The zero-order valence-electron chi connectivity index (χ0n) is 20.4. The first kappa shape index (κ1) is 22.7. The Balaban J connectivity index is 1.13. The molecule has 1 amide bonds. The number of benzene rings is 2. The number of hydrogen-bond acceptors (Lipinski definition) is 7. The van der Waals surface area contributed by atoms with E-state index < -0.39 is 0 Å². The third kappa shape index (κ3) is 4.58. The maximum Gasteiger partial charge on any atom is 0.257 e. The molecule has 1 aromatic heterocycles. The lowest BCUT2D eigenvalue weighted by molar-refractivity contribution is 0.0629. The lowest BCUT2D eigenvalue weighted by Gasteiger charge is -2.35. The van der Waals surface area contributed by atoms with E-state index in [4.69, 9.17) is 18.9 Å². The average molecular weight is 491 g/mol. The minimum atomic E-state index is 0.00388. The molecule has 3 aromatic rings. The van der Waals surface area contributed by atoms with Gasteiger partial charge in [0.05, 0.1) is 18.8 Å². The third-order valence-corrected chi connectivity index (χ3v) is 6.75. The summed E-state index contributed by atoms with van der Waals surface area (Å²) in [7, 11) is 1.84. The number of piperazine rings is 1. The van der Waals surface area contributed by atoms with E-state index in [1.165, 1.54) is 5.56 Å². The van der Waals surface area contributed by atoms with Gasteiger partial charge in [0.15, 0.2) is 23.0 Å². The Morgan fingerprint density at radius 1 is 0.833 bits per heavy atom. The number of carbonyl (C=O) groups excluding carboxylic acids is 1. The highest BCUT2D eigenvalue weighted by Crippen LogP contribution is 2.35. The molecule has 2 aromatic carbocycles. The minimum Gasteiger partial charge on any atom is -0.490 e. The molecule has 4 heterocycles. The van der Waals surface area contributed by atoms with Crippen LogP contribution in [0.2, 0.25) is 0 Å². The quantitative estimate of drug-likeness (QED) is 0.556. The van der Waals surface area contributed by atoms with Gasteiger partial charge in [-0.3, -0.25) is 14.4 Å². The van der Waals surface area contributed by atoms with E-state index in [1.807, 2.05) is 42.4 Å². The number of amides is 1. The first-order valence-corrected chi connectivity index (χ1v) is 12.5. The highest BCUT2D eigenvalue weighted by Gasteiger charge is 2.27. The predicted octanol–water partition coefficient (Wildman–Crippen LogP) is 2.98. The molecular weight excluding hydrogens is 460 g/mol. The molecule has 6 rings (SSSR count). The molecule has 0 radical (unpaired) electrons. The van der Waals surface area contributed by atoms with Gasteiger partial charge in [0, 0.05) is 58.0 Å². The summed E-state index contributed by atoms with van der Waals surface area (Å²) in [5, 5.41) is 4.62. The van der Waals surface area contributed by atoms with Crippen molar-refractivity contribution >= 4 is 5.91 Å². The fourth-order valence-corrected chi connectivity index (χ4v) is 4.89. The molecular formula is C27H30N4O5. The fraction of sp³-hybridized carbons (Fsp3) is 0.407. The molecule has 0 aliphatic carbocycles. The van der Waals surface area contributed by atoms with Gasteiger partial charge in [-0.15, -0.1) is 0 Å². The van der Waals surface area contributed by atoms with Gasteiger partial charge in [-0.25, -0.2) is 0 Å². The van der Waals surface area contributed by atoms with Crippen LogP contribution in [0.1, 0.15) is 22.3 Å². The molecule has 0 bridgehead atoms. The molecule has 0 spiro atoms. The summed E-state index contributed by atoms with van der Waals surface area (Å²) >= 11 is 0. The summed E-state index contributed by atoms with van der Waals surface area (Å²) in [5.41, 5.74) is 3.30. The number of ether oxygens (including phenoxy) is 4. The molecule has 3 aliphatic rings. The molecule has 1 fully saturated rings. The number of hydrogen-bond donors (Lipinski definition) is 0. The second-order valence-electron chi connectivity index (χ2n) is 9.32. The van der Waals surface area contributed by atoms with Crippen molar-refractivity contribution in [3.05, 3.63) is 53.7 Å². The van der Waals surface area contributed by atoms with Crippen LogP contribution in [0.4, 0.5) is 0 Å². The zero-order chi connectivity index (χ0) is 24.5. The Morgan fingerprint density at radius 3 is 2.31 bits per heavy atom. The molecule has 9 nitrogen and oxygen atoms in total. The maximum atomic E-state index is 13.5. The monoisotopic (exact) mass is 490 g/mol. The van der Waals surface area contributed by atoms with Crippen LogP contribution in [-0.4, -0.2) is 78.1 Å². The first-order chi connectivity index (χ1) is 17.6. The van der Waals surface area contributed by atoms with Crippen LogP contribution < -0.4 is 18.9 Å². The lowest BCUT2D eigenvalue weighted by atomic mass is 10.1. The molecule has 0 N–H and O–H groups in total. The van der Waals surface area contributed by atoms with Crippen molar-refractivity contribution in [2.75, 3.05) is 52.6 Å². The van der Waals surface area contributed by atoms with Crippen LogP contribution in [-0.2, 0) is 13.6 Å². The average Bonchev–Trinajstić information content (AvgIpc) is 3.14. The van der Waals surface area contributed by atoms with Crippen molar-refractivity contribution in [3.8, 4) is 34.3 Å². The molecule has 0 saturated carbocycles. The number of fused-ring (bicyclic) bond motifs is 2. The Labute approximate surface area is 210 Å². The van der Waals surface area contributed by atoms with E-state index in [9.17, 15) is 4.79 Å². The molecule has 1 saturated heterocycles. The SMILES string of the molecule is Cn1cc(C(=O)N2CCN(Cc3ccc4c(c3)OCCO4)CC2)c(-c2ccc3c(c2)OCCCO3)n1. The van der Waals surface area contributed by atoms with Crippen LogP contribution in [0.5, 0.6) is 23.0 Å². The van der Waals surface area contributed by atoms with Crippen LogP contribution in [0.3, 0.4) is 0 Å². The van der Waals surface area contributed by atoms with Gasteiger partial charge in [0.1, 0.15) is 18.9 Å². The van der Waals surface area contributed by atoms with Crippen molar-refractivity contribution in [2.24, 2.45) is 7.05 Å². The second kappa shape index (κ2) is 9.73. The molecule has 3 aliphatic heterocycles. The van der Waals surface area contributed by atoms with Crippen molar-refractivity contribution in [2.45, 2.75) is 13.0 Å². The van der Waals surface area contributed by atoms with Crippen LogP contribution >= 0.6 is 0 Å². The van der Waals surface area contributed by atoms with Crippen molar-refractivity contribution in [1.29, 1.82) is 0 Å². The van der Waals surface area contributed by atoms with Gasteiger partial charge in [-0.1, -0.05) is 6.07 Å². The Bertz CT molecular complexity index is 1270. The van der Waals surface area contributed by atoms with Crippen molar-refractivity contribution in [3.63, 3.8) is 0 Å². The standard InChI is InChI=1S/C27H30N4O5/c1-29-18-21(26(28-29)20-4-6-23-25(16-20)34-12-2-11-33-23)27(32)31-9-7-30(8-10-31)17-19-3-5-22-24(15-19)36-14-13-35-22/h3-6,15-16,18H,2,7-14,17H2,1H3. The number of aryl methyl sites for hydroxylation is 1. The molecule has 0 unspecified atom stereocenters. The van der Waals surface area contributed by atoms with Crippen LogP contribution in [0, 0.1) is 0 Å². The van der Waals surface area contributed by atoms with E-state index in [2.05, 4.69) is 22.1 Å². The summed E-state index contributed by atoms with van der Waals surface area (Å²) in [5.74, 6) is 3.05. The fourth-order valence-electron chi connectivity index (χ4n) is 4.89. The van der Waals surface area contributed by atoms with Gasteiger partial charge < -0.3 is 23.8 Å². The number of rotatable bonds is 4. The highest BCUT2D eigenvalue weighted by molar-refractivity contribution is 6.00. The third-order valence-electron chi connectivity index (χ3n) is 6.75. The van der Waals surface area contributed by atoms with E-state index >= 15 is 0 Å². The summed E-state index contributed by atoms with van der Waals surface area (Å²) in [4.78, 5) is 17.8. The highest BCUT2D eigenvalue weighted by atomic mass is 16.6. The largest absolute Gasteiger partial charge is 0.490 e. The Morgan fingerprint density at radius 2 is 1.50 bits per heavy atom. The maximum absolute atomic E-state index is 13.5. The van der Waals surface area contributed by atoms with E-state index in [-0.39, 0.29) is 5.91 Å². The number of aromatic nitrogens is 2. The normalized spacial score (nSPS) is 17.5. The molecule has 188 valence electrons. The van der Waals surface area contributed by atoms with E-state index in [1.54, 1.807) is 4.68 Å². The van der Waals surface area contributed by atoms with Crippen molar-refractivity contribution < 1.29 is 23.7 Å². The molecule has 9 heteroatoms. The van der Waals surface area contributed by atoms with Gasteiger partial charge >= 0.3 is 0 Å². The Kier molecular flexibility index (Phi) is 6.14. The summed E-state index contributed by atoms with van der Waals surface area (Å²) in [6.45, 7) is 6.18. The Hall–Kier alpha value is -3.72. The molecule has 0 atom stereocenters. The number of carbonyl (C=O) groups is 1. The van der Waals surface area contributed by atoms with Crippen molar-refractivity contribution in [1.82, 2.24) is 19.6 Å². The van der Waals surface area contributed by atoms with Gasteiger partial charge in [0.25, 0.3) is 5.91 Å². The zero-order valence-corrected chi connectivity index (χ0v) is 20.4. The summed E-state index contributed by atoms with van der Waals surface area (Å²) in [6, 6.07) is 11.9. The van der Waals surface area contributed by atoms with E-state index in [0.717, 1.165) is 48.9 Å². The van der Waals surface area contributed by atoms with Gasteiger partial charge in [-0.05, 0) is 35.9 Å². The van der Waals surface area contributed by atoms with Gasteiger partial charge in [0.2, 0.25) is 0 Å². The summed E-state index contributed by atoms with van der Waals surface area (Å²) in [6.07, 6.45) is 2.65.